The molecule has 0 saturated carbocycles. The number of rotatable bonds is 5. The van der Waals surface area contributed by atoms with Gasteiger partial charge in [0.05, 0.1) is 6.54 Å². The molecule has 0 atom stereocenters. The van der Waals surface area contributed by atoms with Crippen molar-refractivity contribution in [1.29, 1.82) is 0 Å². The molecule has 2 aliphatic rings. The lowest BCUT2D eigenvalue weighted by molar-refractivity contribution is 0.0178. The Kier molecular flexibility index (Phi) is 6.67. The Labute approximate surface area is 177 Å². The third-order valence-electron chi connectivity index (χ3n) is 5.51. The van der Waals surface area contributed by atoms with Gasteiger partial charge in [0.25, 0.3) is 11.8 Å². The highest BCUT2D eigenvalue weighted by atomic mass is 16.6. The Hall–Kier alpha value is -2.58. The van der Waals surface area contributed by atoms with Gasteiger partial charge in [-0.25, -0.2) is 4.79 Å². The zero-order chi connectivity index (χ0) is 21.9. The Balaban J connectivity index is 1.48. The van der Waals surface area contributed by atoms with Gasteiger partial charge in [0.1, 0.15) is 11.3 Å². The summed E-state index contributed by atoms with van der Waals surface area (Å²) < 4.78 is 7.07. The summed E-state index contributed by atoms with van der Waals surface area (Å²) in [6.45, 7) is 11.2. The highest BCUT2D eigenvalue weighted by molar-refractivity contribution is 5.98. The lowest BCUT2D eigenvalue weighted by atomic mass is 9.93. The molecule has 0 spiro atoms. The molecule has 0 aromatic carbocycles. The van der Waals surface area contributed by atoms with E-state index in [0.717, 1.165) is 19.3 Å². The molecule has 30 heavy (non-hydrogen) atoms. The van der Waals surface area contributed by atoms with Crippen LogP contribution in [0.1, 0.15) is 67.9 Å². The number of likely N-dealkylation sites (tertiary alicyclic amines) is 1. The summed E-state index contributed by atoms with van der Waals surface area (Å²) in [6, 6.07) is 1.58. The average Bonchev–Trinajstić information content (AvgIpc) is 3.12. The van der Waals surface area contributed by atoms with Gasteiger partial charge >= 0.3 is 6.09 Å². The van der Waals surface area contributed by atoms with E-state index < -0.39 is 5.60 Å². The fourth-order valence-electron chi connectivity index (χ4n) is 3.88. The van der Waals surface area contributed by atoms with Gasteiger partial charge in [-0.2, -0.15) is 5.10 Å². The second kappa shape index (κ2) is 9.06. The number of carbonyl (C=O) groups excluding carboxylic acids is 3. The minimum Gasteiger partial charge on any atom is -0.444 e. The normalized spacial score (nSPS) is 17.7. The summed E-state index contributed by atoms with van der Waals surface area (Å²) in [5, 5.41) is 6.97. The summed E-state index contributed by atoms with van der Waals surface area (Å²) >= 11 is 0. The third kappa shape index (κ3) is 5.31. The van der Waals surface area contributed by atoms with Crippen molar-refractivity contribution in [3.05, 3.63) is 17.5 Å². The van der Waals surface area contributed by atoms with Crippen LogP contribution in [0.5, 0.6) is 0 Å². The number of nitrogens with one attached hydrogen (secondary N) is 1. The van der Waals surface area contributed by atoms with Crippen LogP contribution >= 0.6 is 0 Å². The zero-order valence-electron chi connectivity index (χ0n) is 18.4. The third-order valence-corrected chi connectivity index (χ3v) is 5.51. The Morgan fingerprint density at radius 2 is 1.90 bits per heavy atom. The molecule has 1 fully saturated rings. The number of ether oxygens (including phenoxy) is 1. The van der Waals surface area contributed by atoms with E-state index in [9.17, 15) is 14.4 Å². The monoisotopic (exact) mass is 419 g/mol. The molecule has 1 saturated heterocycles. The molecule has 9 nitrogen and oxygen atoms in total. The molecule has 1 aromatic rings. The Bertz CT molecular complexity index is 790. The van der Waals surface area contributed by atoms with Gasteiger partial charge in [-0.3, -0.25) is 14.3 Å². The van der Waals surface area contributed by atoms with E-state index >= 15 is 0 Å². The van der Waals surface area contributed by atoms with Crippen molar-refractivity contribution in [2.24, 2.45) is 5.92 Å². The molecular weight excluding hydrogens is 386 g/mol. The molecule has 3 rings (SSSR count). The molecule has 0 radical (unpaired) electrons. The van der Waals surface area contributed by atoms with Crippen molar-refractivity contribution in [2.75, 3.05) is 32.7 Å². The second-order valence-corrected chi connectivity index (χ2v) is 8.99. The number of piperidine rings is 1. The van der Waals surface area contributed by atoms with Gasteiger partial charge in [-0.1, -0.05) is 0 Å². The van der Waals surface area contributed by atoms with Crippen molar-refractivity contribution < 1.29 is 19.1 Å². The molecular formula is C21H33N5O4. The maximum atomic E-state index is 12.8. The van der Waals surface area contributed by atoms with Gasteiger partial charge in [-0.05, 0) is 52.9 Å². The van der Waals surface area contributed by atoms with Gasteiger partial charge < -0.3 is 19.9 Å². The zero-order valence-corrected chi connectivity index (χ0v) is 18.4. The first-order valence-corrected chi connectivity index (χ1v) is 10.8. The first-order valence-electron chi connectivity index (χ1n) is 10.8. The quantitative estimate of drug-likeness (QED) is 0.789. The number of fused-ring (bicyclic) bond motifs is 1. The molecule has 1 N–H and O–H groups in total. The van der Waals surface area contributed by atoms with Crippen LogP contribution in [0.25, 0.3) is 0 Å². The number of hydrogen-bond donors (Lipinski definition) is 1. The topological polar surface area (TPSA) is 96.8 Å². The van der Waals surface area contributed by atoms with Crippen molar-refractivity contribution in [2.45, 2.75) is 59.1 Å². The van der Waals surface area contributed by atoms with Crippen LogP contribution in [0.3, 0.4) is 0 Å². The van der Waals surface area contributed by atoms with Crippen LogP contribution in [-0.4, -0.2) is 75.8 Å². The molecule has 0 unspecified atom stereocenters. The fraction of sp³-hybridized carbons (Fsp3) is 0.714. The van der Waals surface area contributed by atoms with Crippen LogP contribution in [0, 0.1) is 5.92 Å². The maximum Gasteiger partial charge on any atom is 0.410 e. The number of hydrogen-bond acceptors (Lipinski definition) is 5. The van der Waals surface area contributed by atoms with Crippen LogP contribution in [0.2, 0.25) is 0 Å². The first kappa shape index (κ1) is 22.1. The van der Waals surface area contributed by atoms with E-state index in [0.29, 0.717) is 50.9 Å². The SMILES string of the molecule is CCNC(=O)c1cc2n(n1)CCN(CCC1CCN(C(=O)OC(C)(C)C)CC1)C2=O. The van der Waals surface area contributed by atoms with Gasteiger partial charge in [0.15, 0.2) is 5.69 Å². The predicted octanol–water partition coefficient (Wildman–Crippen LogP) is 2.13. The smallest absolute Gasteiger partial charge is 0.410 e. The summed E-state index contributed by atoms with van der Waals surface area (Å²) in [4.78, 5) is 40.6. The minimum atomic E-state index is -0.480. The molecule has 166 valence electrons. The van der Waals surface area contributed by atoms with Gasteiger partial charge in [0, 0.05) is 38.8 Å². The lowest BCUT2D eigenvalue weighted by Crippen LogP contribution is -2.43. The molecule has 1 aromatic heterocycles. The predicted molar refractivity (Wildman–Crippen MR) is 111 cm³/mol. The second-order valence-electron chi connectivity index (χ2n) is 8.99. The molecule has 2 aliphatic heterocycles. The van der Waals surface area contributed by atoms with Crippen LogP contribution in [0.4, 0.5) is 4.79 Å². The fourth-order valence-corrected chi connectivity index (χ4v) is 3.88. The Morgan fingerprint density at radius 1 is 1.20 bits per heavy atom. The van der Waals surface area contributed by atoms with Crippen LogP contribution in [0.15, 0.2) is 6.07 Å². The number of amides is 3. The molecule has 9 heteroatoms. The minimum absolute atomic E-state index is 0.0736. The van der Waals surface area contributed by atoms with E-state index in [1.165, 1.54) is 0 Å². The summed E-state index contributed by atoms with van der Waals surface area (Å²) in [5.74, 6) is 0.153. The van der Waals surface area contributed by atoms with Crippen molar-refractivity contribution in [3.8, 4) is 0 Å². The average molecular weight is 420 g/mol. The number of nitrogens with zero attached hydrogens (tertiary/aromatic N) is 4. The largest absolute Gasteiger partial charge is 0.444 e. The number of carbonyl (C=O) groups is 3. The summed E-state index contributed by atoms with van der Waals surface area (Å²) in [6.07, 6.45) is 2.50. The highest BCUT2D eigenvalue weighted by Gasteiger charge is 2.30. The lowest BCUT2D eigenvalue weighted by Gasteiger charge is -2.34. The number of aromatic nitrogens is 2. The van der Waals surface area contributed by atoms with E-state index in [2.05, 4.69) is 10.4 Å². The molecule has 3 heterocycles. The molecule has 3 amide bonds. The van der Waals surface area contributed by atoms with E-state index in [1.807, 2.05) is 32.6 Å². The maximum absolute atomic E-state index is 12.8. The Morgan fingerprint density at radius 3 is 2.53 bits per heavy atom. The summed E-state index contributed by atoms with van der Waals surface area (Å²) in [7, 11) is 0. The highest BCUT2D eigenvalue weighted by Crippen LogP contribution is 2.23. The first-order chi connectivity index (χ1) is 14.2. The molecule has 0 bridgehead atoms. The van der Waals surface area contributed by atoms with Crippen molar-refractivity contribution in [3.63, 3.8) is 0 Å². The van der Waals surface area contributed by atoms with Crippen LogP contribution in [-0.2, 0) is 11.3 Å². The van der Waals surface area contributed by atoms with Crippen molar-refractivity contribution in [1.82, 2.24) is 24.9 Å². The van der Waals surface area contributed by atoms with Crippen molar-refractivity contribution >= 4 is 17.9 Å². The van der Waals surface area contributed by atoms with E-state index in [4.69, 9.17) is 4.74 Å². The summed E-state index contributed by atoms with van der Waals surface area (Å²) in [5.41, 5.74) is 0.283. The standard InChI is InChI=1S/C21H33N5O4/c1-5-22-18(27)16-14-17-19(28)24(12-13-26(17)23-16)9-6-15-7-10-25(11-8-15)20(29)30-21(2,3)4/h14-15H,5-13H2,1-4H3,(H,22,27). The van der Waals surface area contributed by atoms with Gasteiger partial charge in [-0.15, -0.1) is 0 Å². The molecule has 0 aliphatic carbocycles. The van der Waals surface area contributed by atoms with Crippen LogP contribution < -0.4 is 5.32 Å². The van der Waals surface area contributed by atoms with Gasteiger partial charge in [0.2, 0.25) is 0 Å². The van der Waals surface area contributed by atoms with E-state index in [-0.39, 0.29) is 23.6 Å². The van der Waals surface area contributed by atoms with E-state index in [1.54, 1.807) is 15.6 Å².